The Labute approximate surface area is 110 Å². The molecule has 2 rings (SSSR count). The van der Waals surface area contributed by atoms with Crippen LogP contribution in [0.15, 0.2) is 47.1 Å². The Morgan fingerprint density at radius 2 is 1.94 bits per heavy atom. The highest BCUT2D eigenvalue weighted by molar-refractivity contribution is 9.10. The normalized spacial score (nSPS) is 10.2. The van der Waals surface area contributed by atoms with Gasteiger partial charge in [0.1, 0.15) is 5.75 Å². The first-order chi connectivity index (χ1) is 8.29. The average molecular weight is 292 g/mol. The van der Waals surface area contributed by atoms with Gasteiger partial charge in [0, 0.05) is 6.20 Å². The standard InChI is InChI=1S/C14H14BrNO/c1-2-4-11-6-8-12(9-7-11)17-14-13(15)5-3-10-16-14/h3,5-10H,2,4H2,1H3. The zero-order valence-electron chi connectivity index (χ0n) is 9.69. The van der Waals surface area contributed by atoms with Crippen LogP contribution in [0.2, 0.25) is 0 Å². The van der Waals surface area contributed by atoms with E-state index in [1.165, 1.54) is 5.56 Å². The maximum Gasteiger partial charge on any atom is 0.233 e. The molecule has 0 fully saturated rings. The molecule has 3 heteroatoms. The third-order valence-corrected chi connectivity index (χ3v) is 3.00. The maximum atomic E-state index is 5.68. The fourth-order valence-corrected chi connectivity index (χ4v) is 1.91. The van der Waals surface area contributed by atoms with Gasteiger partial charge in [0.2, 0.25) is 5.88 Å². The quantitative estimate of drug-likeness (QED) is 0.822. The molecule has 0 spiro atoms. The van der Waals surface area contributed by atoms with E-state index in [1.807, 2.05) is 24.3 Å². The molecule has 1 aromatic carbocycles. The molecule has 1 aromatic heterocycles. The molecule has 0 radical (unpaired) electrons. The van der Waals surface area contributed by atoms with E-state index in [0.717, 1.165) is 23.1 Å². The molecule has 0 saturated heterocycles. The predicted molar refractivity (Wildman–Crippen MR) is 72.4 cm³/mol. The minimum Gasteiger partial charge on any atom is -0.438 e. The lowest BCUT2D eigenvalue weighted by molar-refractivity contribution is 0.459. The van der Waals surface area contributed by atoms with Gasteiger partial charge in [-0.05, 0) is 52.2 Å². The number of nitrogens with zero attached hydrogens (tertiary/aromatic N) is 1. The smallest absolute Gasteiger partial charge is 0.233 e. The van der Waals surface area contributed by atoms with Crippen molar-refractivity contribution in [2.24, 2.45) is 0 Å². The Bertz CT molecular complexity index is 482. The van der Waals surface area contributed by atoms with Crippen molar-refractivity contribution in [1.29, 1.82) is 0 Å². The van der Waals surface area contributed by atoms with Crippen LogP contribution < -0.4 is 4.74 Å². The van der Waals surface area contributed by atoms with Crippen LogP contribution >= 0.6 is 15.9 Å². The van der Waals surface area contributed by atoms with Gasteiger partial charge in [-0.25, -0.2) is 4.98 Å². The van der Waals surface area contributed by atoms with E-state index in [9.17, 15) is 0 Å². The Kier molecular flexibility index (Phi) is 4.15. The molecule has 88 valence electrons. The van der Waals surface area contributed by atoms with Gasteiger partial charge in [-0.3, -0.25) is 0 Å². The summed E-state index contributed by atoms with van der Waals surface area (Å²) >= 11 is 3.41. The second-order valence-electron chi connectivity index (χ2n) is 3.79. The van der Waals surface area contributed by atoms with Gasteiger partial charge in [-0.15, -0.1) is 0 Å². The number of halogens is 1. The monoisotopic (exact) mass is 291 g/mol. The molecule has 0 aliphatic heterocycles. The molecule has 0 atom stereocenters. The minimum absolute atomic E-state index is 0.593. The van der Waals surface area contributed by atoms with Gasteiger partial charge in [0.15, 0.2) is 0 Å². The predicted octanol–water partition coefficient (Wildman–Crippen LogP) is 4.59. The molecule has 2 nitrogen and oxygen atoms in total. The molecule has 0 unspecified atom stereocenters. The van der Waals surface area contributed by atoms with Crippen molar-refractivity contribution in [2.75, 3.05) is 0 Å². The summed E-state index contributed by atoms with van der Waals surface area (Å²) in [5, 5.41) is 0. The van der Waals surface area contributed by atoms with Crippen LogP contribution in [0.25, 0.3) is 0 Å². The number of rotatable bonds is 4. The first-order valence-electron chi connectivity index (χ1n) is 5.67. The number of ether oxygens (including phenoxy) is 1. The molecule has 17 heavy (non-hydrogen) atoms. The number of hydrogen-bond donors (Lipinski definition) is 0. The van der Waals surface area contributed by atoms with Crippen LogP contribution in [0, 0.1) is 0 Å². The topological polar surface area (TPSA) is 22.1 Å². The SMILES string of the molecule is CCCc1ccc(Oc2ncccc2Br)cc1. The number of hydrogen-bond acceptors (Lipinski definition) is 2. The number of benzene rings is 1. The van der Waals surface area contributed by atoms with Crippen molar-refractivity contribution in [2.45, 2.75) is 19.8 Å². The number of aromatic nitrogens is 1. The molecule has 0 saturated carbocycles. The van der Waals surface area contributed by atoms with Gasteiger partial charge >= 0.3 is 0 Å². The average Bonchev–Trinajstić information content (AvgIpc) is 2.35. The van der Waals surface area contributed by atoms with E-state index in [0.29, 0.717) is 5.88 Å². The number of pyridine rings is 1. The van der Waals surface area contributed by atoms with Gasteiger partial charge < -0.3 is 4.74 Å². The Balaban J connectivity index is 2.11. The van der Waals surface area contributed by atoms with E-state index in [1.54, 1.807) is 6.20 Å². The fourth-order valence-electron chi connectivity index (χ4n) is 1.57. The highest BCUT2D eigenvalue weighted by atomic mass is 79.9. The highest BCUT2D eigenvalue weighted by Gasteiger charge is 2.02. The summed E-state index contributed by atoms with van der Waals surface area (Å²) < 4.78 is 6.54. The van der Waals surface area contributed by atoms with Crippen LogP contribution in [-0.2, 0) is 6.42 Å². The van der Waals surface area contributed by atoms with Crippen LogP contribution in [-0.4, -0.2) is 4.98 Å². The second kappa shape index (κ2) is 5.82. The third kappa shape index (κ3) is 3.30. The van der Waals surface area contributed by atoms with E-state index < -0.39 is 0 Å². The number of aryl methyl sites for hydroxylation is 1. The molecular formula is C14H14BrNO. The van der Waals surface area contributed by atoms with E-state index in [-0.39, 0.29) is 0 Å². The molecule has 0 aliphatic carbocycles. The Hall–Kier alpha value is -1.35. The summed E-state index contributed by atoms with van der Waals surface area (Å²) in [5.74, 6) is 1.40. The second-order valence-corrected chi connectivity index (χ2v) is 4.64. The van der Waals surface area contributed by atoms with E-state index in [2.05, 4.69) is 40.0 Å². The first kappa shape index (κ1) is 12.1. The zero-order chi connectivity index (χ0) is 12.1. The molecular weight excluding hydrogens is 278 g/mol. The van der Waals surface area contributed by atoms with E-state index in [4.69, 9.17) is 4.74 Å². The van der Waals surface area contributed by atoms with Crippen molar-refractivity contribution in [3.63, 3.8) is 0 Å². The zero-order valence-corrected chi connectivity index (χ0v) is 11.3. The highest BCUT2D eigenvalue weighted by Crippen LogP contribution is 2.26. The van der Waals surface area contributed by atoms with Crippen molar-refractivity contribution >= 4 is 15.9 Å². The molecule has 0 amide bonds. The lowest BCUT2D eigenvalue weighted by atomic mass is 10.1. The molecule has 0 N–H and O–H groups in total. The summed E-state index contributed by atoms with van der Waals surface area (Å²) in [4.78, 5) is 4.16. The Morgan fingerprint density at radius 1 is 1.18 bits per heavy atom. The van der Waals surface area contributed by atoms with Crippen molar-refractivity contribution < 1.29 is 4.74 Å². The van der Waals surface area contributed by atoms with E-state index >= 15 is 0 Å². The third-order valence-electron chi connectivity index (χ3n) is 2.40. The van der Waals surface area contributed by atoms with Gasteiger partial charge in [-0.2, -0.15) is 0 Å². The van der Waals surface area contributed by atoms with Gasteiger partial charge in [-0.1, -0.05) is 25.5 Å². The lowest BCUT2D eigenvalue weighted by Crippen LogP contribution is -1.89. The van der Waals surface area contributed by atoms with Crippen LogP contribution in [0.1, 0.15) is 18.9 Å². The molecule has 1 heterocycles. The summed E-state index contributed by atoms with van der Waals surface area (Å²) in [6.45, 7) is 2.18. The minimum atomic E-state index is 0.593. The lowest BCUT2D eigenvalue weighted by Gasteiger charge is -2.06. The maximum absolute atomic E-state index is 5.68. The Morgan fingerprint density at radius 3 is 2.59 bits per heavy atom. The van der Waals surface area contributed by atoms with Crippen molar-refractivity contribution in [1.82, 2.24) is 4.98 Å². The summed E-state index contributed by atoms with van der Waals surface area (Å²) in [6.07, 6.45) is 3.98. The van der Waals surface area contributed by atoms with Gasteiger partial charge in [0.25, 0.3) is 0 Å². The summed E-state index contributed by atoms with van der Waals surface area (Å²) in [7, 11) is 0. The molecule has 2 aromatic rings. The van der Waals surface area contributed by atoms with Crippen LogP contribution in [0.3, 0.4) is 0 Å². The largest absolute Gasteiger partial charge is 0.438 e. The molecule has 0 aliphatic rings. The van der Waals surface area contributed by atoms with Crippen molar-refractivity contribution in [3.8, 4) is 11.6 Å². The summed E-state index contributed by atoms with van der Waals surface area (Å²) in [5.41, 5.74) is 1.33. The van der Waals surface area contributed by atoms with Gasteiger partial charge in [0.05, 0.1) is 4.47 Å². The first-order valence-corrected chi connectivity index (χ1v) is 6.46. The fraction of sp³-hybridized carbons (Fsp3) is 0.214. The summed E-state index contributed by atoms with van der Waals surface area (Å²) in [6, 6.07) is 11.9. The van der Waals surface area contributed by atoms with Crippen LogP contribution in [0.4, 0.5) is 0 Å². The molecule has 0 bridgehead atoms. The van der Waals surface area contributed by atoms with Crippen molar-refractivity contribution in [3.05, 3.63) is 52.6 Å². The van der Waals surface area contributed by atoms with Crippen LogP contribution in [0.5, 0.6) is 11.6 Å².